The molecule has 0 heterocycles. The van der Waals surface area contributed by atoms with Crippen molar-refractivity contribution in [1.82, 2.24) is 4.90 Å². The van der Waals surface area contributed by atoms with Crippen LogP contribution in [-0.4, -0.2) is 31.1 Å². The molecule has 17 heavy (non-hydrogen) atoms. The minimum Gasteiger partial charge on any atom is -0.489 e. The van der Waals surface area contributed by atoms with Crippen LogP contribution < -0.4 is 10.5 Å². The summed E-state index contributed by atoms with van der Waals surface area (Å²) in [4.78, 5) is 2.27. The van der Waals surface area contributed by atoms with Gasteiger partial charge in [-0.05, 0) is 45.5 Å². The van der Waals surface area contributed by atoms with Crippen LogP contribution in [0.5, 0.6) is 5.75 Å². The first-order valence-electron chi connectivity index (χ1n) is 6.35. The number of ether oxygens (including phenoxy) is 1. The molecule has 0 spiro atoms. The first-order chi connectivity index (χ1) is 8.16. The van der Waals surface area contributed by atoms with E-state index in [1.807, 2.05) is 24.3 Å². The van der Waals surface area contributed by atoms with E-state index in [1.165, 1.54) is 19.3 Å². The van der Waals surface area contributed by atoms with E-state index < -0.39 is 0 Å². The lowest BCUT2D eigenvalue weighted by Crippen LogP contribution is -2.44. The molecule has 1 aromatic carbocycles. The van der Waals surface area contributed by atoms with Gasteiger partial charge in [-0.1, -0.05) is 12.5 Å². The van der Waals surface area contributed by atoms with E-state index in [-0.39, 0.29) is 0 Å². The Kier molecular flexibility index (Phi) is 3.89. The number of nitrogen functional groups attached to an aromatic ring is 1. The average Bonchev–Trinajstić information content (AvgIpc) is 2.29. The summed E-state index contributed by atoms with van der Waals surface area (Å²) in [5.74, 6) is 0.892. The van der Waals surface area contributed by atoms with E-state index in [2.05, 4.69) is 19.0 Å². The molecule has 2 rings (SSSR count). The number of hydrogen-bond acceptors (Lipinski definition) is 3. The summed E-state index contributed by atoms with van der Waals surface area (Å²) in [6.07, 6.45) is 5.22. The Labute approximate surface area is 104 Å². The monoisotopic (exact) mass is 234 g/mol. The molecule has 3 nitrogen and oxygen atoms in total. The first-order valence-corrected chi connectivity index (χ1v) is 6.35. The summed E-state index contributed by atoms with van der Waals surface area (Å²) in [6, 6.07) is 8.24. The maximum Gasteiger partial charge on any atom is 0.121 e. The topological polar surface area (TPSA) is 38.5 Å². The Balaban J connectivity index is 2.05. The number of nitrogens with zero attached hydrogens (tertiary/aromatic N) is 1. The lowest BCUT2D eigenvalue weighted by Gasteiger charge is -2.36. The summed E-state index contributed by atoms with van der Waals surface area (Å²) in [5, 5.41) is 0. The van der Waals surface area contributed by atoms with Crippen LogP contribution >= 0.6 is 0 Å². The van der Waals surface area contributed by atoms with Gasteiger partial charge in [0.05, 0.1) is 0 Å². The quantitative estimate of drug-likeness (QED) is 0.817. The van der Waals surface area contributed by atoms with Crippen LogP contribution in [0.3, 0.4) is 0 Å². The van der Waals surface area contributed by atoms with Crippen molar-refractivity contribution in [1.29, 1.82) is 0 Å². The lowest BCUT2D eigenvalue weighted by atomic mass is 9.91. The largest absolute Gasteiger partial charge is 0.489 e. The van der Waals surface area contributed by atoms with Crippen molar-refractivity contribution in [3.05, 3.63) is 24.3 Å². The van der Waals surface area contributed by atoms with Gasteiger partial charge in [0, 0.05) is 17.8 Å². The molecule has 1 fully saturated rings. The molecule has 2 N–H and O–H groups in total. The van der Waals surface area contributed by atoms with Crippen LogP contribution in [0.1, 0.15) is 25.7 Å². The molecule has 1 saturated carbocycles. The van der Waals surface area contributed by atoms with Crippen molar-refractivity contribution >= 4 is 5.69 Å². The molecule has 2 unspecified atom stereocenters. The van der Waals surface area contributed by atoms with Gasteiger partial charge < -0.3 is 15.4 Å². The second-order valence-corrected chi connectivity index (χ2v) is 5.04. The molecular formula is C14H22N2O. The fourth-order valence-corrected chi connectivity index (χ4v) is 2.57. The average molecular weight is 234 g/mol. The number of likely N-dealkylation sites (N-methyl/N-ethyl adjacent to an activating group) is 1. The van der Waals surface area contributed by atoms with Gasteiger partial charge in [0.1, 0.15) is 11.9 Å². The summed E-state index contributed by atoms with van der Waals surface area (Å²) in [6.45, 7) is 0. The highest BCUT2D eigenvalue weighted by Gasteiger charge is 2.28. The highest BCUT2D eigenvalue weighted by Crippen LogP contribution is 2.26. The predicted molar refractivity (Wildman–Crippen MR) is 71.2 cm³/mol. The summed E-state index contributed by atoms with van der Waals surface area (Å²) >= 11 is 0. The van der Waals surface area contributed by atoms with E-state index >= 15 is 0 Å². The Bertz CT molecular complexity index is 365. The zero-order chi connectivity index (χ0) is 12.3. The third-order valence-electron chi connectivity index (χ3n) is 3.48. The molecule has 1 aliphatic rings. The Morgan fingerprint density at radius 1 is 1.24 bits per heavy atom. The number of nitrogens with two attached hydrogens (primary N) is 1. The van der Waals surface area contributed by atoms with Gasteiger partial charge in [-0.2, -0.15) is 0 Å². The normalized spacial score (nSPS) is 24.9. The third-order valence-corrected chi connectivity index (χ3v) is 3.48. The SMILES string of the molecule is CN(C)C1CCCCC1Oc1cccc(N)c1. The summed E-state index contributed by atoms with van der Waals surface area (Å²) in [5.41, 5.74) is 6.53. The minimum atomic E-state index is 0.292. The van der Waals surface area contributed by atoms with Gasteiger partial charge in [0.15, 0.2) is 0 Å². The van der Waals surface area contributed by atoms with Crippen molar-refractivity contribution in [3.63, 3.8) is 0 Å². The zero-order valence-corrected chi connectivity index (χ0v) is 10.7. The second kappa shape index (κ2) is 5.41. The Morgan fingerprint density at radius 3 is 2.71 bits per heavy atom. The highest BCUT2D eigenvalue weighted by molar-refractivity contribution is 5.43. The van der Waals surface area contributed by atoms with Crippen molar-refractivity contribution in [2.24, 2.45) is 0 Å². The third kappa shape index (κ3) is 3.13. The van der Waals surface area contributed by atoms with Crippen LogP contribution in [-0.2, 0) is 0 Å². The molecule has 1 aromatic rings. The molecule has 0 saturated heterocycles. The van der Waals surface area contributed by atoms with Crippen LogP contribution in [0.25, 0.3) is 0 Å². The summed E-state index contributed by atoms with van der Waals surface area (Å²) < 4.78 is 6.09. The highest BCUT2D eigenvalue weighted by atomic mass is 16.5. The van der Waals surface area contributed by atoms with Gasteiger partial charge >= 0.3 is 0 Å². The smallest absolute Gasteiger partial charge is 0.121 e. The minimum absolute atomic E-state index is 0.292. The van der Waals surface area contributed by atoms with Gasteiger partial charge in [0.2, 0.25) is 0 Å². The molecule has 94 valence electrons. The maximum absolute atomic E-state index is 6.09. The van der Waals surface area contributed by atoms with E-state index in [4.69, 9.17) is 10.5 Å². The van der Waals surface area contributed by atoms with Crippen molar-refractivity contribution in [2.45, 2.75) is 37.8 Å². The molecule has 2 atom stereocenters. The lowest BCUT2D eigenvalue weighted by molar-refractivity contribution is 0.0623. The van der Waals surface area contributed by atoms with Crippen LogP contribution in [0.2, 0.25) is 0 Å². The molecule has 0 bridgehead atoms. The van der Waals surface area contributed by atoms with Gasteiger partial charge in [-0.3, -0.25) is 0 Å². The van der Waals surface area contributed by atoms with Crippen molar-refractivity contribution in [2.75, 3.05) is 19.8 Å². The van der Waals surface area contributed by atoms with Gasteiger partial charge in [-0.15, -0.1) is 0 Å². The molecular weight excluding hydrogens is 212 g/mol. The number of hydrogen-bond donors (Lipinski definition) is 1. The summed E-state index contributed by atoms with van der Waals surface area (Å²) in [7, 11) is 4.26. The van der Waals surface area contributed by atoms with E-state index in [0.717, 1.165) is 17.9 Å². The first kappa shape index (κ1) is 12.2. The fraction of sp³-hybridized carbons (Fsp3) is 0.571. The number of rotatable bonds is 3. The van der Waals surface area contributed by atoms with E-state index in [0.29, 0.717) is 12.1 Å². The number of anilines is 1. The van der Waals surface area contributed by atoms with Gasteiger partial charge in [0.25, 0.3) is 0 Å². The molecule has 0 amide bonds. The molecule has 0 aliphatic heterocycles. The molecule has 3 heteroatoms. The maximum atomic E-state index is 6.09. The van der Waals surface area contributed by atoms with Crippen molar-refractivity contribution < 1.29 is 4.74 Å². The van der Waals surface area contributed by atoms with Crippen LogP contribution in [0.15, 0.2) is 24.3 Å². The second-order valence-electron chi connectivity index (χ2n) is 5.04. The fourth-order valence-electron chi connectivity index (χ4n) is 2.57. The van der Waals surface area contributed by atoms with Crippen LogP contribution in [0.4, 0.5) is 5.69 Å². The van der Waals surface area contributed by atoms with Gasteiger partial charge in [-0.25, -0.2) is 0 Å². The van der Waals surface area contributed by atoms with Crippen molar-refractivity contribution in [3.8, 4) is 5.75 Å². The van der Waals surface area contributed by atoms with E-state index in [9.17, 15) is 0 Å². The zero-order valence-electron chi connectivity index (χ0n) is 10.7. The number of benzene rings is 1. The standard InChI is InChI=1S/C14H22N2O/c1-16(2)13-8-3-4-9-14(13)17-12-7-5-6-11(15)10-12/h5-7,10,13-14H,3-4,8-9,15H2,1-2H3. The molecule has 0 radical (unpaired) electrons. The molecule has 0 aromatic heterocycles. The molecule has 1 aliphatic carbocycles. The van der Waals surface area contributed by atoms with E-state index in [1.54, 1.807) is 0 Å². The predicted octanol–water partition coefficient (Wildman–Crippen LogP) is 2.52. The Hall–Kier alpha value is -1.22. The van der Waals surface area contributed by atoms with Crippen LogP contribution in [0, 0.1) is 0 Å². The Morgan fingerprint density at radius 2 is 2.00 bits per heavy atom.